The molecule has 2 N–H and O–H groups in total. The average molecular weight is 266 g/mol. The van der Waals surface area contributed by atoms with Gasteiger partial charge in [-0.2, -0.15) is 5.10 Å². The molecule has 0 saturated carbocycles. The van der Waals surface area contributed by atoms with Crippen molar-refractivity contribution in [1.29, 1.82) is 0 Å². The maximum atomic E-state index is 6.16. The van der Waals surface area contributed by atoms with Gasteiger partial charge in [-0.1, -0.05) is 17.7 Å². The Kier molecular flexibility index (Phi) is 4.23. The van der Waals surface area contributed by atoms with Crippen LogP contribution in [-0.2, 0) is 13.0 Å². The van der Waals surface area contributed by atoms with Crippen LogP contribution in [0.3, 0.4) is 0 Å². The summed E-state index contributed by atoms with van der Waals surface area (Å²) >= 11 is 6.16. The van der Waals surface area contributed by atoms with Crippen LogP contribution in [0.5, 0.6) is 11.5 Å². The summed E-state index contributed by atoms with van der Waals surface area (Å²) in [6.07, 6.45) is 4.32. The quantitative estimate of drug-likeness (QED) is 0.904. The smallest absolute Gasteiger partial charge is 0.165 e. The van der Waals surface area contributed by atoms with E-state index in [2.05, 4.69) is 5.10 Å². The second-order valence-electron chi connectivity index (χ2n) is 3.94. The van der Waals surface area contributed by atoms with E-state index >= 15 is 0 Å². The lowest BCUT2D eigenvalue weighted by molar-refractivity contribution is 0.481. The zero-order valence-electron chi connectivity index (χ0n) is 10.3. The first-order chi connectivity index (χ1) is 8.72. The zero-order valence-corrected chi connectivity index (χ0v) is 11.0. The molecule has 2 rings (SSSR count). The van der Waals surface area contributed by atoms with Gasteiger partial charge < -0.3 is 10.5 Å². The lowest BCUT2D eigenvalue weighted by Gasteiger charge is -2.07. The fourth-order valence-electron chi connectivity index (χ4n) is 1.65. The highest BCUT2D eigenvalue weighted by Crippen LogP contribution is 2.29. The van der Waals surface area contributed by atoms with E-state index in [0.29, 0.717) is 23.1 Å². The summed E-state index contributed by atoms with van der Waals surface area (Å²) in [6, 6.07) is 5.71. The molecule has 5 heteroatoms. The highest BCUT2D eigenvalue weighted by molar-refractivity contribution is 6.32. The molecule has 0 aliphatic rings. The molecule has 0 bridgehead atoms. The van der Waals surface area contributed by atoms with Gasteiger partial charge in [0.15, 0.2) is 5.75 Å². The molecular formula is C13H16ClN3O. The van der Waals surface area contributed by atoms with Crippen molar-refractivity contribution in [3.63, 3.8) is 0 Å². The molecule has 2 aromatic rings. The zero-order chi connectivity index (χ0) is 13.0. The molecule has 0 aliphatic carbocycles. The third-order valence-corrected chi connectivity index (χ3v) is 2.89. The number of aromatic nitrogens is 2. The number of rotatable bonds is 5. The molecule has 0 amide bonds. The minimum absolute atomic E-state index is 0.588. The standard InChI is InChI=1S/C13H16ClN3O/c1-2-17-9-11(8-16-17)18-13-4-3-10(5-6-15)7-12(13)14/h3-4,7-9H,2,5-6,15H2,1H3. The maximum absolute atomic E-state index is 6.16. The largest absolute Gasteiger partial charge is 0.452 e. The minimum atomic E-state index is 0.588. The maximum Gasteiger partial charge on any atom is 0.165 e. The molecule has 0 atom stereocenters. The van der Waals surface area contributed by atoms with E-state index in [9.17, 15) is 0 Å². The summed E-state index contributed by atoms with van der Waals surface area (Å²) in [5.74, 6) is 1.32. The Bertz CT molecular complexity index is 525. The number of hydrogen-bond donors (Lipinski definition) is 1. The molecule has 1 heterocycles. The fraction of sp³-hybridized carbons (Fsp3) is 0.308. The van der Waals surface area contributed by atoms with Crippen molar-refractivity contribution < 1.29 is 4.74 Å². The molecule has 0 aliphatic heterocycles. The van der Waals surface area contributed by atoms with Crippen molar-refractivity contribution >= 4 is 11.6 Å². The van der Waals surface area contributed by atoms with Crippen molar-refractivity contribution in [2.45, 2.75) is 19.9 Å². The summed E-state index contributed by atoms with van der Waals surface area (Å²) in [5.41, 5.74) is 6.62. The van der Waals surface area contributed by atoms with Crippen molar-refractivity contribution in [1.82, 2.24) is 9.78 Å². The van der Waals surface area contributed by atoms with Crippen LogP contribution >= 0.6 is 11.6 Å². The first kappa shape index (κ1) is 12.9. The van der Waals surface area contributed by atoms with Gasteiger partial charge in [-0.15, -0.1) is 0 Å². The summed E-state index contributed by atoms with van der Waals surface area (Å²) < 4.78 is 7.48. The Morgan fingerprint density at radius 3 is 2.89 bits per heavy atom. The molecule has 96 valence electrons. The number of hydrogen-bond acceptors (Lipinski definition) is 3. The molecule has 4 nitrogen and oxygen atoms in total. The molecule has 0 spiro atoms. The predicted molar refractivity (Wildman–Crippen MR) is 72.2 cm³/mol. The SMILES string of the molecule is CCn1cc(Oc2ccc(CCN)cc2Cl)cn1. The van der Waals surface area contributed by atoms with Crippen LogP contribution in [0.4, 0.5) is 0 Å². The topological polar surface area (TPSA) is 53.1 Å². The van der Waals surface area contributed by atoms with Crippen LogP contribution in [0.15, 0.2) is 30.6 Å². The van der Waals surface area contributed by atoms with Crippen LogP contribution in [0.25, 0.3) is 0 Å². The molecule has 0 fully saturated rings. The number of nitrogens with two attached hydrogens (primary N) is 1. The van der Waals surface area contributed by atoms with Gasteiger partial charge >= 0.3 is 0 Å². The van der Waals surface area contributed by atoms with Crippen LogP contribution in [-0.4, -0.2) is 16.3 Å². The molecule has 1 aromatic carbocycles. The molecule has 1 aromatic heterocycles. The van der Waals surface area contributed by atoms with Gasteiger partial charge in [0.05, 0.1) is 17.4 Å². The van der Waals surface area contributed by atoms with E-state index < -0.39 is 0 Å². The average Bonchev–Trinajstić information content (AvgIpc) is 2.81. The first-order valence-corrected chi connectivity index (χ1v) is 6.29. The third kappa shape index (κ3) is 3.03. The Balaban J connectivity index is 2.13. The predicted octanol–water partition coefficient (Wildman–Crippen LogP) is 2.85. The minimum Gasteiger partial charge on any atom is -0.452 e. The van der Waals surface area contributed by atoms with E-state index in [1.807, 2.05) is 31.3 Å². The van der Waals surface area contributed by atoms with E-state index in [1.54, 1.807) is 10.9 Å². The van der Waals surface area contributed by atoms with Crippen molar-refractivity contribution in [3.8, 4) is 11.5 Å². The van der Waals surface area contributed by atoms with Gasteiger partial charge in [0.1, 0.15) is 5.75 Å². The summed E-state index contributed by atoms with van der Waals surface area (Å²) in [6.45, 7) is 3.44. The molecule has 0 radical (unpaired) electrons. The summed E-state index contributed by atoms with van der Waals surface area (Å²) in [5, 5.41) is 4.73. The van der Waals surface area contributed by atoms with Gasteiger partial charge in [-0.3, -0.25) is 4.68 Å². The molecular weight excluding hydrogens is 250 g/mol. The summed E-state index contributed by atoms with van der Waals surface area (Å²) in [7, 11) is 0. The van der Waals surface area contributed by atoms with Crippen molar-refractivity contribution in [3.05, 3.63) is 41.2 Å². The number of aryl methyl sites for hydroxylation is 1. The second-order valence-corrected chi connectivity index (χ2v) is 4.34. The van der Waals surface area contributed by atoms with Crippen LogP contribution in [0, 0.1) is 0 Å². The third-order valence-electron chi connectivity index (χ3n) is 2.59. The fourth-order valence-corrected chi connectivity index (χ4v) is 1.89. The van der Waals surface area contributed by atoms with Gasteiger partial charge in [-0.25, -0.2) is 0 Å². The van der Waals surface area contributed by atoms with E-state index in [1.165, 1.54) is 0 Å². The lowest BCUT2D eigenvalue weighted by atomic mass is 10.1. The number of benzene rings is 1. The van der Waals surface area contributed by atoms with Gasteiger partial charge in [-0.05, 0) is 37.6 Å². The van der Waals surface area contributed by atoms with E-state index in [0.717, 1.165) is 18.5 Å². The highest BCUT2D eigenvalue weighted by Gasteiger charge is 2.06. The van der Waals surface area contributed by atoms with Crippen LogP contribution < -0.4 is 10.5 Å². The molecule has 0 unspecified atom stereocenters. The number of ether oxygens (including phenoxy) is 1. The van der Waals surface area contributed by atoms with Crippen LogP contribution in [0.1, 0.15) is 12.5 Å². The van der Waals surface area contributed by atoms with Crippen molar-refractivity contribution in [2.75, 3.05) is 6.54 Å². The molecule has 0 saturated heterocycles. The highest BCUT2D eigenvalue weighted by atomic mass is 35.5. The van der Waals surface area contributed by atoms with Gasteiger partial charge in [0.25, 0.3) is 0 Å². The van der Waals surface area contributed by atoms with E-state index in [4.69, 9.17) is 22.1 Å². The summed E-state index contributed by atoms with van der Waals surface area (Å²) in [4.78, 5) is 0. The second kappa shape index (κ2) is 5.89. The molecule has 18 heavy (non-hydrogen) atoms. The Morgan fingerprint density at radius 2 is 2.28 bits per heavy atom. The van der Waals surface area contributed by atoms with Crippen molar-refractivity contribution in [2.24, 2.45) is 5.73 Å². The number of halogens is 1. The van der Waals surface area contributed by atoms with Gasteiger partial charge in [0.2, 0.25) is 0 Å². The Hall–Kier alpha value is -1.52. The van der Waals surface area contributed by atoms with E-state index in [-0.39, 0.29) is 0 Å². The normalized spacial score (nSPS) is 10.6. The van der Waals surface area contributed by atoms with Crippen LogP contribution in [0.2, 0.25) is 5.02 Å². The Labute approximate surface area is 111 Å². The lowest BCUT2D eigenvalue weighted by Crippen LogP contribution is -2.02. The first-order valence-electron chi connectivity index (χ1n) is 5.91. The number of nitrogens with zero attached hydrogens (tertiary/aromatic N) is 2. The van der Waals surface area contributed by atoms with Gasteiger partial charge in [0, 0.05) is 6.54 Å². The Morgan fingerprint density at radius 1 is 1.44 bits per heavy atom. The monoisotopic (exact) mass is 265 g/mol.